The maximum Gasteiger partial charge on any atom is 0.266 e. The number of ether oxygens (including phenoxy) is 1. The van der Waals surface area contributed by atoms with Crippen molar-refractivity contribution in [2.75, 3.05) is 6.61 Å². The van der Waals surface area contributed by atoms with Crippen LogP contribution >= 0.6 is 0 Å². The lowest BCUT2D eigenvalue weighted by molar-refractivity contribution is 0.0945. The van der Waals surface area contributed by atoms with Gasteiger partial charge in [0.15, 0.2) is 0 Å². The summed E-state index contributed by atoms with van der Waals surface area (Å²) in [5, 5.41) is 1.11. The Morgan fingerprint density at radius 2 is 1.67 bits per heavy atom. The Balaban J connectivity index is 1.88. The summed E-state index contributed by atoms with van der Waals surface area (Å²) in [6.45, 7) is 2.29. The molecular weight excluding hydrogens is 371 g/mol. The van der Waals surface area contributed by atoms with E-state index in [9.17, 15) is 17.6 Å². The van der Waals surface area contributed by atoms with E-state index in [4.69, 9.17) is 4.74 Å². The summed E-state index contributed by atoms with van der Waals surface area (Å²) in [5.74, 6) is -0.621. The Labute approximate surface area is 156 Å². The molecule has 1 amide bonds. The number of benzene rings is 3. The molecule has 0 atom stereocenters. The number of rotatable bonds is 6. The molecule has 0 aliphatic carbocycles. The molecule has 0 bridgehead atoms. The smallest absolute Gasteiger partial charge is 0.266 e. The van der Waals surface area contributed by atoms with E-state index in [0.717, 1.165) is 12.1 Å². The van der Waals surface area contributed by atoms with Crippen LogP contribution < -0.4 is 15.0 Å². The molecule has 0 aliphatic heterocycles. The number of nitrogens with one attached hydrogen (secondary N) is 2. The van der Waals surface area contributed by atoms with Crippen LogP contribution in [0.25, 0.3) is 10.8 Å². The first kappa shape index (κ1) is 18.8. The van der Waals surface area contributed by atoms with Gasteiger partial charge in [0.2, 0.25) is 0 Å². The molecule has 2 N–H and O–H groups in total. The molecule has 3 aromatic rings. The number of halogens is 1. The second-order valence-corrected chi connectivity index (χ2v) is 7.26. The monoisotopic (exact) mass is 388 g/mol. The molecule has 27 heavy (non-hydrogen) atoms. The van der Waals surface area contributed by atoms with E-state index in [2.05, 4.69) is 10.3 Å². The topological polar surface area (TPSA) is 84.5 Å². The Kier molecular flexibility index (Phi) is 5.38. The maximum atomic E-state index is 12.9. The Morgan fingerprint density at radius 1 is 1.00 bits per heavy atom. The van der Waals surface area contributed by atoms with Crippen molar-refractivity contribution in [3.05, 3.63) is 72.0 Å². The van der Waals surface area contributed by atoms with E-state index in [-0.39, 0.29) is 10.5 Å². The van der Waals surface area contributed by atoms with Gasteiger partial charge in [0.25, 0.3) is 15.9 Å². The number of hydrazine groups is 1. The third-order valence-electron chi connectivity index (χ3n) is 3.84. The van der Waals surface area contributed by atoms with Crippen molar-refractivity contribution < 1.29 is 22.3 Å². The number of carbonyl (C=O) groups excluding carboxylic acids is 1. The quantitative estimate of drug-likeness (QED) is 0.636. The standard InChI is InChI=1S/C19H17FN2O4S/c1-2-26-17-11-12-18(16-6-4-3-5-15(16)17)27(24,25)22-21-19(23)13-7-9-14(20)10-8-13/h3-12,22H,2H2,1H3,(H,21,23). The van der Waals surface area contributed by atoms with Gasteiger partial charge in [-0.25, -0.2) is 12.8 Å². The Hall–Kier alpha value is -2.97. The predicted molar refractivity (Wildman–Crippen MR) is 99.3 cm³/mol. The van der Waals surface area contributed by atoms with Gasteiger partial charge < -0.3 is 4.74 Å². The fraction of sp³-hybridized carbons (Fsp3) is 0.105. The van der Waals surface area contributed by atoms with E-state index in [1.807, 2.05) is 6.92 Å². The van der Waals surface area contributed by atoms with Crippen LogP contribution in [0.2, 0.25) is 0 Å². The van der Waals surface area contributed by atoms with Crippen molar-refractivity contribution in [3.8, 4) is 5.75 Å². The lowest BCUT2D eigenvalue weighted by Crippen LogP contribution is -2.41. The molecule has 0 saturated heterocycles. The molecule has 0 unspecified atom stereocenters. The van der Waals surface area contributed by atoms with Crippen LogP contribution in [0.5, 0.6) is 5.75 Å². The summed E-state index contributed by atoms with van der Waals surface area (Å²) >= 11 is 0. The first-order valence-electron chi connectivity index (χ1n) is 8.14. The van der Waals surface area contributed by atoms with E-state index >= 15 is 0 Å². The van der Waals surface area contributed by atoms with Gasteiger partial charge in [0.1, 0.15) is 11.6 Å². The van der Waals surface area contributed by atoms with Gasteiger partial charge >= 0.3 is 0 Å². The van der Waals surface area contributed by atoms with Crippen LogP contribution in [0.3, 0.4) is 0 Å². The van der Waals surface area contributed by atoms with E-state index < -0.39 is 21.7 Å². The van der Waals surface area contributed by atoms with Crippen LogP contribution in [-0.4, -0.2) is 20.9 Å². The van der Waals surface area contributed by atoms with Gasteiger partial charge in [-0.3, -0.25) is 10.2 Å². The normalized spacial score (nSPS) is 11.3. The largest absolute Gasteiger partial charge is 0.493 e. The number of carbonyl (C=O) groups is 1. The molecule has 6 nitrogen and oxygen atoms in total. The Morgan fingerprint density at radius 3 is 2.33 bits per heavy atom. The summed E-state index contributed by atoms with van der Waals surface area (Å²) in [5.41, 5.74) is 2.25. The first-order valence-corrected chi connectivity index (χ1v) is 9.63. The molecule has 3 aromatic carbocycles. The van der Waals surface area contributed by atoms with Crippen molar-refractivity contribution in [3.63, 3.8) is 0 Å². The zero-order valence-corrected chi connectivity index (χ0v) is 15.2. The van der Waals surface area contributed by atoms with Gasteiger partial charge in [0, 0.05) is 16.3 Å². The van der Waals surface area contributed by atoms with Crippen molar-refractivity contribution in [1.82, 2.24) is 10.3 Å². The predicted octanol–water partition coefficient (Wildman–Crippen LogP) is 3.00. The minimum Gasteiger partial charge on any atom is -0.493 e. The molecular formula is C19H17FN2O4S. The van der Waals surface area contributed by atoms with E-state index in [0.29, 0.717) is 23.1 Å². The second kappa shape index (κ2) is 7.73. The second-order valence-electron chi connectivity index (χ2n) is 5.61. The first-order chi connectivity index (χ1) is 12.9. The Bertz CT molecular complexity index is 1080. The highest BCUT2D eigenvalue weighted by Crippen LogP contribution is 2.30. The van der Waals surface area contributed by atoms with Crippen LogP contribution in [0.1, 0.15) is 17.3 Å². The fourth-order valence-electron chi connectivity index (χ4n) is 2.60. The molecule has 0 radical (unpaired) electrons. The summed E-state index contributed by atoms with van der Waals surface area (Å²) < 4.78 is 43.8. The molecule has 3 rings (SSSR count). The fourth-order valence-corrected chi connectivity index (χ4v) is 3.65. The van der Waals surface area contributed by atoms with Crippen molar-refractivity contribution in [2.24, 2.45) is 0 Å². The van der Waals surface area contributed by atoms with Crippen LogP contribution in [0, 0.1) is 5.82 Å². The molecule has 0 spiro atoms. The van der Waals surface area contributed by atoms with Gasteiger partial charge in [-0.15, -0.1) is 4.83 Å². The average Bonchev–Trinajstić information content (AvgIpc) is 2.67. The molecule has 0 heterocycles. The lowest BCUT2D eigenvalue weighted by Gasteiger charge is -2.13. The number of fused-ring (bicyclic) bond motifs is 1. The van der Waals surface area contributed by atoms with Crippen LogP contribution in [0.4, 0.5) is 4.39 Å². The average molecular weight is 388 g/mol. The van der Waals surface area contributed by atoms with Crippen molar-refractivity contribution in [2.45, 2.75) is 11.8 Å². The van der Waals surface area contributed by atoms with E-state index in [1.165, 1.54) is 18.2 Å². The van der Waals surface area contributed by atoms with E-state index in [1.54, 1.807) is 30.3 Å². The van der Waals surface area contributed by atoms with Crippen LogP contribution in [-0.2, 0) is 10.0 Å². The molecule has 8 heteroatoms. The number of amides is 1. The number of hydrogen-bond acceptors (Lipinski definition) is 4. The summed E-state index contributed by atoms with van der Waals surface area (Å²) in [4.78, 5) is 14.1. The molecule has 0 saturated carbocycles. The van der Waals surface area contributed by atoms with Crippen LogP contribution in [0.15, 0.2) is 65.6 Å². The highest BCUT2D eigenvalue weighted by Gasteiger charge is 2.20. The van der Waals surface area contributed by atoms with Crippen molar-refractivity contribution >= 4 is 26.7 Å². The molecule has 0 aliphatic rings. The minimum absolute atomic E-state index is 0.000888. The number of hydrogen-bond donors (Lipinski definition) is 2. The zero-order chi connectivity index (χ0) is 19.4. The highest BCUT2D eigenvalue weighted by atomic mass is 32.2. The molecule has 140 valence electrons. The number of sulfonamides is 1. The van der Waals surface area contributed by atoms with Gasteiger partial charge in [-0.2, -0.15) is 0 Å². The maximum absolute atomic E-state index is 12.9. The molecule has 0 aromatic heterocycles. The highest BCUT2D eigenvalue weighted by molar-refractivity contribution is 7.89. The van der Waals surface area contributed by atoms with Gasteiger partial charge in [-0.1, -0.05) is 24.3 Å². The van der Waals surface area contributed by atoms with Gasteiger partial charge in [-0.05, 0) is 43.3 Å². The third-order valence-corrected chi connectivity index (χ3v) is 5.14. The summed E-state index contributed by atoms with van der Waals surface area (Å²) in [7, 11) is -4.04. The zero-order valence-electron chi connectivity index (χ0n) is 14.4. The molecule has 0 fully saturated rings. The summed E-state index contributed by atoms with van der Waals surface area (Å²) in [6, 6.07) is 14.6. The third kappa shape index (κ3) is 4.07. The summed E-state index contributed by atoms with van der Waals surface area (Å²) in [6.07, 6.45) is 0. The lowest BCUT2D eigenvalue weighted by atomic mass is 10.1. The minimum atomic E-state index is -4.04. The van der Waals surface area contributed by atoms with Crippen molar-refractivity contribution in [1.29, 1.82) is 0 Å². The SMILES string of the molecule is CCOc1ccc(S(=O)(=O)NNC(=O)c2ccc(F)cc2)c2ccccc12. The van der Waals surface area contributed by atoms with Gasteiger partial charge in [0.05, 0.1) is 11.5 Å².